The quantitative estimate of drug-likeness (QED) is 0.491. The number of benzene rings is 2. The smallest absolute Gasteiger partial charge is 0.258 e. The Bertz CT molecular complexity index is 1200. The number of thioether (sulfide) groups is 1. The van der Waals surface area contributed by atoms with Crippen LogP contribution in [0.3, 0.4) is 0 Å². The third-order valence-corrected chi connectivity index (χ3v) is 7.55. The maximum absolute atomic E-state index is 14.0. The molecule has 0 unspecified atom stereocenters. The lowest BCUT2D eigenvalue weighted by Crippen LogP contribution is -2.40. The van der Waals surface area contributed by atoms with Gasteiger partial charge >= 0.3 is 0 Å². The zero-order valence-corrected chi connectivity index (χ0v) is 18.2. The lowest BCUT2D eigenvalue weighted by atomic mass is 9.68. The summed E-state index contributed by atoms with van der Waals surface area (Å²) >= 11 is 1.24. The van der Waals surface area contributed by atoms with Gasteiger partial charge in [0.05, 0.1) is 23.6 Å². The molecule has 5 nitrogen and oxygen atoms in total. The van der Waals surface area contributed by atoms with Gasteiger partial charge in [-0.3, -0.25) is 14.2 Å². The van der Waals surface area contributed by atoms with Crippen LogP contribution in [-0.4, -0.2) is 21.2 Å². The van der Waals surface area contributed by atoms with E-state index < -0.39 is 5.91 Å². The van der Waals surface area contributed by atoms with Crippen LogP contribution in [0.25, 0.3) is 11.3 Å². The molecule has 0 bridgehead atoms. The Labute approximate surface area is 185 Å². The van der Waals surface area contributed by atoms with E-state index in [4.69, 9.17) is 10.7 Å². The van der Waals surface area contributed by atoms with Crippen LogP contribution >= 0.6 is 11.8 Å². The van der Waals surface area contributed by atoms with Crippen molar-refractivity contribution < 1.29 is 4.79 Å². The summed E-state index contributed by atoms with van der Waals surface area (Å²) in [4.78, 5) is 30.6. The fraction of sp³-hybridized carbons (Fsp3) is 0.320. The third kappa shape index (κ3) is 3.59. The molecule has 3 aromatic rings. The number of hydrogen-bond acceptors (Lipinski definition) is 4. The zero-order chi connectivity index (χ0) is 21.4. The molecule has 0 radical (unpaired) electrons. The number of rotatable bonds is 5. The van der Waals surface area contributed by atoms with Crippen molar-refractivity contribution >= 4 is 17.7 Å². The summed E-state index contributed by atoms with van der Waals surface area (Å²) in [5.41, 5.74) is 10.3. The number of carbonyl (C=O) groups excluding carboxylic acids is 1. The first-order valence-electron chi connectivity index (χ1n) is 10.8. The van der Waals surface area contributed by atoms with E-state index in [-0.39, 0.29) is 16.7 Å². The molecular weight excluding hydrogens is 406 g/mol. The molecule has 6 heteroatoms. The molecule has 2 N–H and O–H groups in total. The number of nitrogens with zero attached hydrogens (tertiary/aromatic N) is 2. The van der Waals surface area contributed by atoms with Gasteiger partial charge in [0.2, 0.25) is 5.91 Å². The van der Waals surface area contributed by atoms with Gasteiger partial charge in [-0.25, -0.2) is 4.98 Å². The van der Waals surface area contributed by atoms with Crippen LogP contribution in [0, 0.1) is 0 Å². The molecule has 1 amide bonds. The first-order chi connectivity index (χ1) is 15.1. The first kappa shape index (κ1) is 20.1. The molecule has 31 heavy (non-hydrogen) atoms. The van der Waals surface area contributed by atoms with Crippen LogP contribution in [-0.2, 0) is 23.2 Å². The Morgan fingerprint density at radius 2 is 1.77 bits per heavy atom. The molecule has 1 saturated carbocycles. The summed E-state index contributed by atoms with van der Waals surface area (Å²) < 4.78 is 1.75. The maximum Gasteiger partial charge on any atom is 0.258 e. The van der Waals surface area contributed by atoms with Gasteiger partial charge in [0.25, 0.3) is 5.56 Å². The van der Waals surface area contributed by atoms with Gasteiger partial charge < -0.3 is 5.73 Å². The maximum atomic E-state index is 14.0. The van der Waals surface area contributed by atoms with Gasteiger partial charge in [0.1, 0.15) is 0 Å². The van der Waals surface area contributed by atoms with Gasteiger partial charge in [0, 0.05) is 11.0 Å². The summed E-state index contributed by atoms with van der Waals surface area (Å²) in [5.74, 6) is -0.330. The first-order valence-corrected chi connectivity index (χ1v) is 11.7. The van der Waals surface area contributed by atoms with Crippen molar-refractivity contribution in [3.05, 3.63) is 81.6 Å². The second-order valence-electron chi connectivity index (χ2n) is 8.57. The van der Waals surface area contributed by atoms with Crippen LogP contribution in [0.5, 0.6) is 0 Å². The number of fused-ring (bicyclic) bond motifs is 4. The minimum Gasteiger partial charge on any atom is -0.369 e. The van der Waals surface area contributed by atoms with E-state index in [1.54, 1.807) is 4.57 Å². The molecule has 5 rings (SSSR count). The highest BCUT2D eigenvalue weighted by Gasteiger charge is 2.44. The average Bonchev–Trinajstić information content (AvgIpc) is 3.23. The van der Waals surface area contributed by atoms with Crippen LogP contribution in [0.1, 0.15) is 42.4 Å². The second-order valence-corrected chi connectivity index (χ2v) is 9.51. The molecule has 1 fully saturated rings. The van der Waals surface area contributed by atoms with E-state index in [0.29, 0.717) is 11.7 Å². The standard InChI is InChI=1S/C25H25N3O2S/c26-20(29)16-31-24-27-22-19-11-5-4-10-18(19)14-25(12-6-7-13-25)21(22)23(30)28(24)15-17-8-2-1-3-9-17/h1-5,8-11H,6-7,12-16H2,(H2,26,29). The van der Waals surface area contributed by atoms with Gasteiger partial charge in [-0.15, -0.1) is 0 Å². The zero-order valence-electron chi connectivity index (χ0n) is 17.3. The van der Waals surface area contributed by atoms with E-state index in [0.717, 1.165) is 54.5 Å². The van der Waals surface area contributed by atoms with E-state index in [2.05, 4.69) is 18.2 Å². The predicted molar refractivity (Wildman–Crippen MR) is 123 cm³/mol. The minimum absolute atomic E-state index is 0.0252. The number of carbonyl (C=O) groups is 1. The van der Waals surface area contributed by atoms with E-state index in [9.17, 15) is 9.59 Å². The molecule has 0 atom stereocenters. The monoisotopic (exact) mass is 431 g/mol. The lowest BCUT2D eigenvalue weighted by molar-refractivity contribution is -0.115. The number of hydrogen-bond donors (Lipinski definition) is 1. The molecule has 158 valence electrons. The fourth-order valence-corrected chi connectivity index (χ4v) is 5.93. The van der Waals surface area contributed by atoms with Crippen molar-refractivity contribution in [2.45, 2.75) is 49.2 Å². The largest absolute Gasteiger partial charge is 0.369 e. The Morgan fingerprint density at radius 1 is 1.06 bits per heavy atom. The molecule has 1 spiro atoms. The van der Waals surface area contributed by atoms with Crippen molar-refractivity contribution in [2.75, 3.05) is 5.75 Å². The fourth-order valence-electron chi connectivity index (χ4n) is 5.20. The highest BCUT2D eigenvalue weighted by Crippen LogP contribution is 2.49. The molecule has 2 aromatic carbocycles. The van der Waals surface area contributed by atoms with Crippen molar-refractivity contribution in [3.8, 4) is 11.3 Å². The Morgan fingerprint density at radius 3 is 2.52 bits per heavy atom. The molecule has 0 saturated heterocycles. The van der Waals surface area contributed by atoms with E-state index in [1.165, 1.54) is 17.3 Å². The lowest BCUT2D eigenvalue weighted by Gasteiger charge is -2.36. The molecule has 1 heterocycles. The number of nitrogens with two attached hydrogens (primary N) is 1. The normalized spacial score (nSPS) is 16.1. The topological polar surface area (TPSA) is 78.0 Å². The van der Waals surface area contributed by atoms with Crippen molar-refractivity contribution in [1.29, 1.82) is 0 Å². The van der Waals surface area contributed by atoms with E-state index >= 15 is 0 Å². The van der Waals surface area contributed by atoms with Crippen molar-refractivity contribution in [2.24, 2.45) is 5.73 Å². The van der Waals surface area contributed by atoms with Crippen LogP contribution < -0.4 is 11.3 Å². The van der Waals surface area contributed by atoms with Crippen molar-refractivity contribution in [3.63, 3.8) is 0 Å². The summed E-state index contributed by atoms with van der Waals surface area (Å²) in [6.07, 6.45) is 5.21. The Hall–Kier alpha value is -2.86. The van der Waals surface area contributed by atoms with E-state index in [1.807, 2.05) is 36.4 Å². The summed E-state index contributed by atoms with van der Waals surface area (Å²) in [6.45, 7) is 0.429. The average molecular weight is 432 g/mol. The molecule has 0 aliphatic heterocycles. The molecule has 2 aliphatic carbocycles. The number of amides is 1. The van der Waals surface area contributed by atoms with Crippen molar-refractivity contribution in [1.82, 2.24) is 9.55 Å². The minimum atomic E-state index is -0.420. The second kappa shape index (κ2) is 8.00. The van der Waals surface area contributed by atoms with Gasteiger partial charge in [0.15, 0.2) is 5.16 Å². The Kier molecular flexibility index (Phi) is 5.18. The highest BCUT2D eigenvalue weighted by atomic mass is 32.2. The molecular formula is C25H25N3O2S. The summed E-state index contributed by atoms with van der Waals surface area (Å²) in [7, 11) is 0. The molecule has 1 aromatic heterocycles. The predicted octanol–water partition coefficient (Wildman–Crippen LogP) is 3.90. The summed E-state index contributed by atoms with van der Waals surface area (Å²) in [5, 5.41) is 0.552. The number of aromatic nitrogens is 2. The number of primary amides is 1. The van der Waals surface area contributed by atoms with Crippen LogP contribution in [0.2, 0.25) is 0 Å². The third-order valence-electron chi connectivity index (χ3n) is 6.55. The summed E-state index contributed by atoms with van der Waals surface area (Å²) in [6, 6.07) is 18.2. The van der Waals surface area contributed by atoms with Crippen LogP contribution in [0.15, 0.2) is 64.5 Å². The SMILES string of the molecule is NC(=O)CSc1nc2c(c(=O)n1Cc1ccccc1)C1(CCCC1)Cc1ccccc1-2. The Balaban J connectivity index is 1.74. The van der Waals surface area contributed by atoms with Gasteiger partial charge in [-0.05, 0) is 30.4 Å². The highest BCUT2D eigenvalue weighted by molar-refractivity contribution is 7.99. The van der Waals surface area contributed by atoms with Crippen LogP contribution in [0.4, 0.5) is 0 Å². The van der Waals surface area contributed by atoms with Gasteiger partial charge in [-0.1, -0.05) is 79.2 Å². The molecule has 2 aliphatic rings. The van der Waals surface area contributed by atoms with Gasteiger partial charge in [-0.2, -0.15) is 0 Å².